The van der Waals surface area contributed by atoms with Crippen LogP contribution in [0.5, 0.6) is 11.5 Å². The average Bonchev–Trinajstić information content (AvgIpc) is 2.64. The summed E-state index contributed by atoms with van der Waals surface area (Å²) in [6.45, 7) is 0. The molecule has 0 atom stereocenters. The van der Waals surface area contributed by atoms with Crippen LogP contribution in [0.4, 0.5) is 5.69 Å². The molecular weight excluding hydrogens is 375 g/mol. The predicted octanol–water partition coefficient (Wildman–Crippen LogP) is 4.70. The van der Waals surface area contributed by atoms with Crippen molar-refractivity contribution in [2.24, 2.45) is 0 Å². The van der Waals surface area contributed by atoms with Gasteiger partial charge in [0.25, 0.3) is 5.91 Å². The summed E-state index contributed by atoms with van der Waals surface area (Å²) < 4.78 is 5.67. The average molecular weight is 385 g/mol. The SMILES string of the molecule is N#Cc1ccc(Oc2ccc(NC(=O)c3ccc(Cl)nn3)cc2)cc1Cl. The zero-order valence-electron chi connectivity index (χ0n) is 13.1. The lowest BCUT2D eigenvalue weighted by Crippen LogP contribution is -2.14. The standard InChI is InChI=1S/C18H10Cl2N4O2/c19-15-9-14(4-1-11(15)10-21)26-13-5-2-12(3-6-13)22-18(25)16-7-8-17(20)24-23-16/h1-9H,(H,22,25). The molecule has 128 valence electrons. The number of nitrogens with one attached hydrogen (secondary N) is 1. The van der Waals surface area contributed by atoms with Crippen molar-refractivity contribution >= 4 is 34.8 Å². The number of carbonyl (C=O) groups is 1. The lowest BCUT2D eigenvalue weighted by Gasteiger charge is -2.08. The van der Waals surface area contributed by atoms with Crippen molar-refractivity contribution in [1.82, 2.24) is 10.2 Å². The van der Waals surface area contributed by atoms with Crippen LogP contribution in [0.15, 0.2) is 54.6 Å². The number of rotatable bonds is 4. The lowest BCUT2D eigenvalue weighted by molar-refractivity contribution is 0.102. The zero-order chi connectivity index (χ0) is 18.5. The summed E-state index contributed by atoms with van der Waals surface area (Å²) in [5.74, 6) is 0.652. The highest BCUT2D eigenvalue weighted by Crippen LogP contribution is 2.27. The highest BCUT2D eigenvalue weighted by molar-refractivity contribution is 6.31. The summed E-state index contributed by atoms with van der Waals surface area (Å²) in [5.41, 5.74) is 1.10. The van der Waals surface area contributed by atoms with Crippen LogP contribution < -0.4 is 10.1 Å². The number of carbonyl (C=O) groups excluding carboxylic acids is 1. The first-order chi connectivity index (χ1) is 12.5. The Kier molecular flexibility index (Phi) is 5.32. The molecule has 3 aromatic rings. The smallest absolute Gasteiger partial charge is 0.276 e. The van der Waals surface area contributed by atoms with Gasteiger partial charge in [-0.05, 0) is 48.5 Å². The normalized spacial score (nSPS) is 10.0. The summed E-state index contributed by atoms with van der Waals surface area (Å²) in [4.78, 5) is 12.1. The number of nitriles is 1. The monoisotopic (exact) mass is 384 g/mol. The largest absolute Gasteiger partial charge is 0.457 e. The molecule has 0 bridgehead atoms. The molecular formula is C18H10Cl2N4O2. The van der Waals surface area contributed by atoms with Crippen LogP contribution in [-0.4, -0.2) is 16.1 Å². The molecule has 8 heteroatoms. The Morgan fingerprint density at radius 3 is 2.35 bits per heavy atom. The minimum atomic E-state index is -0.401. The van der Waals surface area contributed by atoms with E-state index < -0.39 is 5.91 Å². The molecule has 2 aromatic carbocycles. The second kappa shape index (κ2) is 7.83. The lowest BCUT2D eigenvalue weighted by atomic mass is 10.2. The highest BCUT2D eigenvalue weighted by Gasteiger charge is 2.09. The van der Waals surface area contributed by atoms with Gasteiger partial charge >= 0.3 is 0 Å². The maximum Gasteiger partial charge on any atom is 0.276 e. The van der Waals surface area contributed by atoms with Crippen LogP contribution in [0, 0.1) is 11.3 Å². The van der Waals surface area contributed by atoms with Crippen molar-refractivity contribution in [3.8, 4) is 17.6 Å². The van der Waals surface area contributed by atoms with E-state index in [0.29, 0.717) is 27.8 Å². The Labute approximate surface area is 159 Å². The molecule has 0 aliphatic heterocycles. The molecule has 1 heterocycles. The van der Waals surface area contributed by atoms with Gasteiger partial charge in [-0.2, -0.15) is 5.26 Å². The summed E-state index contributed by atoms with van der Waals surface area (Å²) in [6, 6.07) is 16.5. The van der Waals surface area contributed by atoms with Crippen molar-refractivity contribution in [1.29, 1.82) is 5.26 Å². The first-order valence-corrected chi connectivity index (χ1v) is 8.09. The van der Waals surface area contributed by atoms with Crippen molar-refractivity contribution in [3.63, 3.8) is 0 Å². The van der Waals surface area contributed by atoms with Crippen molar-refractivity contribution < 1.29 is 9.53 Å². The molecule has 0 saturated carbocycles. The van der Waals surface area contributed by atoms with Gasteiger partial charge in [0.1, 0.15) is 17.6 Å². The van der Waals surface area contributed by atoms with Gasteiger partial charge in [0, 0.05) is 11.8 Å². The maximum absolute atomic E-state index is 12.1. The predicted molar refractivity (Wildman–Crippen MR) is 97.7 cm³/mol. The zero-order valence-corrected chi connectivity index (χ0v) is 14.6. The van der Waals surface area contributed by atoms with Crippen molar-refractivity contribution in [3.05, 3.63) is 76.0 Å². The fourth-order valence-electron chi connectivity index (χ4n) is 2.02. The number of aromatic nitrogens is 2. The minimum absolute atomic E-state index is 0.155. The number of ether oxygens (including phenoxy) is 1. The minimum Gasteiger partial charge on any atom is -0.457 e. The van der Waals surface area contributed by atoms with Gasteiger partial charge in [0.15, 0.2) is 10.8 Å². The number of anilines is 1. The Balaban J connectivity index is 1.66. The molecule has 0 saturated heterocycles. The third-order valence-corrected chi connectivity index (χ3v) is 3.79. The maximum atomic E-state index is 12.1. The van der Waals surface area contributed by atoms with E-state index in [1.807, 2.05) is 6.07 Å². The van der Waals surface area contributed by atoms with E-state index in [9.17, 15) is 4.79 Å². The van der Waals surface area contributed by atoms with E-state index >= 15 is 0 Å². The summed E-state index contributed by atoms with van der Waals surface area (Å²) >= 11 is 11.6. The molecule has 0 aliphatic rings. The first-order valence-electron chi connectivity index (χ1n) is 7.33. The summed E-state index contributed by atoms with van der Waals surface area (Å²) in [6.07, 6.45) is 0. The molecule has 3 rings (SSSR count). The van der Waals surface area contributed by atoms with Crippen LogP contribution >= 0.6 is 23.2 Å². The van der Waals surface area contributed by atoms with E-state index in [2.05, 4.69) is 15.5 Å². The Morgan fingerprint density at radius 2 is 1.73 bits per heavy atom. The van der Waals surface area contributed by atoms with E-state index in [-0.39, 0.29) is 10.8 Å². The van der Waals surface area contributed by atoms with Gasteiger partial charge in [-0.3, -0.25) is 4.79 Å². The highest BCUT2D eigenvalue weighted by atomic mass is 35.5. The molecule has 0 aliphatic carbocycles. The molecule has 0 unspecified atom stereocenters. The number of hydrogen-bond donors (Lipinski definition) is 1. The second-order valence-corrected chi connectivity index (χ2v) is 5.87. The van der Waals surface area contributed by atoms with Crippen LogP contribution in [0.2, 0.25) is 10.2 Å². The Hall–Kier alpha value is -3.14. The van der Waals surface area contributed by atoms with E-state index in [1.165, 1.54) is 12.1 Å². The number of nitrogens with zero attached hydrogens (tertiary/aromatic N) is 3. The van der Waals surface area contributed by atoms with Crippen LogP contribution in [0.1, 0.15) is 16.1 Å². The number of halogens is 2. The topological polar surface area (TPSA) is 87.9 Å². The molecule has 6 nitrogen and oxygen atoms in total. The van der Waals surface area contributed by atoms with Crippen molar-refractivity contribution in [2.75, 3.05) is 5.32 Å². The molecule has 0 fully saturated rings. The summed E-state index contributed by atoms with van der Waals surface area (Å²) in [5, 5.41) is 19.4. The molecule has 1 N–H and O–H groups in total. The molecule has 0 radical (unpaired) electrons. The van der Waals surface area contributed by atoms with E-state index in [4.69, 9.17) is 33.2 Å². The van der Waals surface area contributed by atoms with E-state index in [1.54, 1.807) is 42.5 Å². The fourth-order valence-corrected chi connectivity index (χ4v) is 2.34. The molecule has 1 aromatic heterocycles. The van der Waals surface area contributed by atoms with Crippen LogP contribution in [0.3, 0.4) is 0 Å². The Bertz CT molecular complexity index is 984. The van der Waals surface area contributed by atoms with Gasteiger partial charge in [-0.15, -0.1) is 10.2 Å². The second-order valence-electron chi connectivity index (χ2n) is 5.08. The number of hydrogen-bond acceptors (Lipinski definition) is 5. The van der Waals surface area contributed by atoms with Gasteiger partial charge in [-0.25, -0.2) is 0 Å². The van der Waals surface area contributed by atoms with Gasteiger partial charge < -0.3 is 10.1 Å². The Morgan fingerprint density at radius 1 is 1.00 bits per heavy atom. The summed E-state index contributed by atoms with van der Waals surface area (Å²) in [7, 11) is 0. The number of amides is 1. The molecule has 26 heavy (non-hydrogen) atoms. The third-order valence-electron chi connectivity index (χ3n) is 3.27. The van der Waals surface area contributed by atoms with Crippen LogP contribution in [-0.2, 0) is 0 Å². The van der Waals surface area contributed by atoms with E-state index in [0.717, 1.165) is 0 Å². The first kappa shape index (κ1) is 17.7. The van der Waals surface area contributed by atoms with Gasteiger partial charge in [-0.1, -0.05) is 23.2 Å². The molecule has 0 spiro atoms. The van der Waals surface area contributed by atoms with Crippen molar-refractivity contribution in [2.45, 2.75) is 0 Å². The fraction of sp³-hybridized carbons (Fsp3) is 0. The van der Waals surface area contributed by atoms with Gasteiger partial charge in [0.05, 0.1) is 10.6 Å². The third kappa shape index (κ3) is 4.28. The van der Waals surface area contributed by atoms with Gasteiger partial charge in [0.2, 0.25) is 0 Å². The quantitative estimate of drug-likeness (QED) is 0.703. The molecule has 1 amide bonds. The number of benzene rings is 2. The van der Waals surface area contributed by atoms with Crippen LogP contribution in [0.25, 0.3) is 0 Å².